The Morgan fingerprint density at radius 3 is 3.05 bits per heavy atom. The molecule has 0 spiro atoms. The summed E-state index contributed by atoms with van der Waals surface area (Å²) in [4.78, 5) is 4.45. The highest BCUT2D eigenvalue weighted by Crippen LogP contribution is 2.22. The molecule has 0 radical (unpaired) electrons. The summed E-state index contributed by atoms with van der Waals surface area (Å²) in [5.74, 6) is 2.77. The summed E-state index contributed by atoms with van der Waals surface area (Å²) in [6.07, 6.45) is 4.11. The monoisotopic (exact) mass is 297 g/mol. The SMILES string of the molecule is COCCOCCc1noc(CC(C)C2CCCNC2)n1. The van der Waals surface area contributed by atoms with Crippen LogP contribution >= 0.6 is 0 Å². The van der Waals surface area contributed by atoms with E-state index in [0.29, 0.717) is 38.1 Å². The fourth-order valence-corrected chi connectivity index (χ4v) is 2.69. The largest absolute Gasteiger partial charge is 0.382 e. The minimum Gasteiger partial charge on any atom is -0.382 e. The van der Waals surface area contributed by atoms with E-state index in [1.807, 2.05) is 0 Å². The first-order chi connectivity index (χ1) is 10.3. The van der Waals surface area contributed by atoms with Crippen molar-refractivity contribution in [2.75, 3.05) is 40.0 Å². The Labute approximate surface area is 126 Å². The summed E-state index contributed by atoms with van der Waals surface area (Å²) in [7, 11) is 1.66. The van der Waals surface area contributed by atoms with Gasteiger partial charge < -0.3 is 19.3 Å². The van der Waals surface area contributed by atoms with Crippen molar-refractivity contribution in [2.24, 2.45) is 11.8 Å². The van der Waals surface area contributed by atoms with E-state index in [1.54, 1.807) is 7.11 Å². The van der Waals surface area contributed by atoms with E-state index in [-0.39, 0.29) is 0 Å². The van der Waals surface area contributed by atoms with Gasteiger partial charge in [-0.1, -0.05) is 12.1 Å². The van der Waals surface area contributed by atoms with Crippen LogP contribution in [0.25, 0.3) is 0 Å². The maximum atomic E-state index is 5.41. The van der Waals surface area contributed by atoms with E-state index in [1.165, 1.54) is 12.8 Å². The van der Waals surface area contributed by atoms with Crippen molar-refractivity contribution in [3.63, 3.8) is 0 Å². The normalized spacial score (nSPS) is 20.6. The Morgan fingerprint density at radius 2 is 2.29 bits per heavy atom. The maximum Gasteiger partial charge on any atom is 0.226 e. The standard InChI is InChI=1S/C15H27N3O3/c1-12(13-4-3-6-16-11-13)10-15-17-14(18-21-15)5-7-20-9-8-19-2/h12-13,16H,3-11H2,1-2H3. The van der Waals surface area contributed by atoms with Crippen LogP contribution in [0.4, 0.5) is 0 Å². The third-order valence-corrected chi connectivity index (χ3v) is 4.05. The van der Waals surface area contributed by atoms with E-state index in [4.69, 9.17) is 14.0 Å². The van der Waals surface area contributed by atoms with Gasteiger partial charge in [-0.15, -0.1) is 0 Å². The van der Waals surface area contributed by atoms with Gasteiger partial charge >= 0.3 is 0 Å². The van der Waals surface area contributed by atoms with Gasteiger partial charge in [0.25, 0.3) is 0 Å². The van der Waals surface area contributed by atoms with Crippen molar-refractivity contribution < 1.29 is 14.0 Å². The van der Waals surface area contributed by atoms with Crippen molar-refractivity contribution in [1.29, 1.82) is 0 Å². The lowest BCUT2D eigenvalue weighted by atomic mass is 9.85. The van der Waals surface area contributed by atoms with Crippen LogP contribution in [0.15, 0.2) is 4.52 Å². The molecule has 1 saturated heterocycles. The Kier molecular flexibility index (Phi) is 7.12. The predicted octanol–water partition coefficient (Wildman–Crippen LogP) is 1.45. The Morgan fingerprint density at radius 1 is 1.38 bits per heavy atom. The lowest BCUT2D eigenvalue weighted by molar-refractivity contribution is 0.0714. The number of hydrogen-bond acceptors (Lipinski definition) is 6. The highest BCUT2D eigenvalue weighted by atomic mass is 16.5. The molecule has 1 aromatic rings. The number of ether oxygens (including phenoxy) is 2. The number of rotatable bonds is 9. The summed E-state index contributed by atoms with van der Waals surface area (Å²) >= 11 is 0. The third-order valence-electron chi connectivity index (χ3n) is 4.05. The molecule has 2 heterocycles. The van der Waals surface area contributed by atoms with Gasteiger partial charge in [-0.3, -0.25) is 0 Å². The summed E-state index contributed by atoms with van der Waals surface area (Å²) in [6.45, 7) is 6.35. The fraction of sp³-hybridized carbons (Fsp3) is 0.867. The summed E-state index contributed by atoms with van der Waals surface area (Å²) < 4.78 is 15.7. The molecule has 1 N–H and O–H groups in total. The number of hydrogen-bond donors (Lipinski definition) is 1. The molecule has 0 aromatic carbocycles. The first-order valence-corrected chi connectivity index (χ1v) is 7.88. The number of nitrogens with zero attached hydrogens (tertiary/aromatic N) is 2. The molecule has 2 unspecified atom stereocenters. The molecule has 0 bridgehead atoms. The quantitative estimate of drug-likeness (QED) is 0.696. The van der Waals surface area contributed by atoms with Crippen LogP contribution in [-0.4, -0.2) is 50.2 Å². The van der Waals surface area contributed by atoms with Crippen LogP contribution in [0.3, 0.4) is 0 Å². The average Bonchev–Trinajstić information content (AvgIpc) is 2.95. The Balaban J connectivity index is 1.69. The van der Waals surface area contributed by atoms with E-state index >= 15 is 0 Å². The molecule has 6 heteroatoms. The van der Waals surface area contributed by atoms with Crippen LogP contribution in [0.1, 0.15) is 31.5 Å². The van der Waals surface area contributed by atoms with Crippen LogP contribution in [0.5, 0.6) is 0 Å². The maximum absolute atomic E-state index is 5.41. The van der Waals surface area contributed by atoms with Gasteiger partial charge in [-0.05, 0) is 37.8 Å². The van der Waals surface area contributed by atoms with Gasteiger partial charge in [0, 0.05) is 20.0 Å². The van der Waals surface area contributed by atoms with E-state index in [0.717, 1.165) is 31.2 Å². The van der Waals surface area contributed by atoms with E-state index < -0.39 is 0 Å². The highest BCUT2D eigenvalue weighted by Gasteiger charge is 2.22. The van der Waals surface area contributed by atoms with Crippen LogP contribution < -0.4 is 5.32 Å². The topological polar surface area (TPSA) is 69.4 Å². The van der Waals surface area contributed by atoms with E-state index in [9.17, 15) is 0 Å². The average molecular weight is 297 g/mol. The van der Waals surface area contributed by atoms with Crippen molar-refractivity contribution in [2.45, 2.75) is 32.6 Å². The van der Waals surface area contributed by atoms with E-state index in [2.05, 4.69) is 22.4 Å². The minimum atomic E-state index is 0.573. The smallest absolute Gasteiger partial charge is 0.226 e. The van der Waals surface area contributed by atoms with Gasteiger partial charge in [0.15, 0.2) is 5.82 Å². The third kappa shape index (κ3) is 5.73. The first kappa shape index (κ1) is 16.4. The second kappa shape index (κ2) is 9.12. The molecule has 120 valence electrons. The number of nitrogens with one attached hydrogen (secondary N) is 1. The molecule has 1 aromatic heterocycles. The molecule has 6 nitrogen and oxygen atoms in total. The fourth-order valence-electron chi connectivity index (χ4n) is 2.69. The number of aromatic nitrogens is 2. The lowest BCUT2D eigenvalue weighted by Gasteiger charge is -2.27. The molecule has 2 atom stereocenters. The van der Waals surface area contributed by atoms with Crippen molar-refractivity contribution in [3.05, 3.63) is 11.7 Å². The second-order valence-electron chi connectivity index (χ2n) is 5.75. The molecular weight excluding hydrogens is 270 g/mol. The predicted molar refractivity (Wildman–Crippen MR) is 79.2 cm³/mol. The van der Waals surface area contributed by atoms with Crippen molar-refractivity contribution in [1.82, 2.24) is 15.5 Å². The first-order valence-electron chi connectivity index (χ1n) is 7.88. The zero-order valence-corrected chi connectivity index (χ0v) is 13.1. The zero-order chi connectivity index (χ0) is 14.9. The summed E-state index contributed by atoms with van der Waals surface area (Å²) in [6, 6.07) is 0. The molecule has 0 saturated carbocycles. The molecule has 0 amide bonds. The Bertz CT molecular complexity index is 391. The second-order valence-corrected chi connectivity index (χ2v) is 5.75. The Hall–Kier alpha value is -0.980. The molecule has 1 fully saturated rings. The zero-order valence-electron chi connectivity index (χ0n) is 13.1. The lowest BCUT2D eigenvalue weighted by Crippen LogP contribution is -2.33. The molecule has 1 aliphatic heterocycles. The molecule has 2 rings (SSSR count). The summed E-state index contributed by atoms with van der Waals surface area (Å²) in [5, 5.41) is 7.48. The summed E-state index contributed by atoms with van der Waals surface area (Å²) in [5.41, 5.74) is 0. The molecule has 1 aliphatic rings. The van der Waals surface area contributed by atoms with Crippen molar-refractivity contribution in [3.8, 4) is 0 Å². The van der Waals surface area contributed by atoms with Crippen molar-refractivity contribution >= 4 is 0 Å². The van der Waals surface area contributed by atoms with Gasteiger partial charge in [0.2, 0.25) is 5.89 Å². The minimum absolute atomic E-state index is 0.573. The van der Waals surface area contributed by atoms with Crippen LogP contribution in [0.2, 0.25) is 0 Å². The van der Waals surface area contributed by atoms with Gasteiger partial charge in [0.05, 0.1) is 19.8 Å². The van der Waals surface area contributed by atoms with Crippen LogP contribution in [-0.2, 0) is 22.3 Å². The number of methoxy groups -OCH3 is 1. The van der Waals surface area contributed by atoms with Crippen LogP contribution in [0, 0.1) is 11.8 Å². The van der Waals surface area contributed by atoms with Gasteiger partial charge in [-0.25, -0.2) is 0 Å². The highest BCUT2D eigenvalue weighted by molar-refractivity contribution is 4.89. The number of piperidine rings is 1. The van der Waals surface area contributed by atoms with Gasteiger partial charge in [0.1, 0.15) is 0 Å². The van der Waals surface area contributed by atoms with Gasteiger partial charge in [-0.2, -0.15) is 4.98 Å². The molecular formula is C15H27N3O3. The molecule has 0 aliphatic carbocycles. The molecule has 21 heavy (non-hydrogen) atoms.